The van der Waals surface area contributed by atoms with Gasteiger partial charge in [-0.3, -0.25) is 9.59 Å². The van der Waals surface area contributed by atoms with Crippen molar-refractivity contribution in [3.63, 3.8) is 0 Å². The van der Waals surface area contributed by atoms with Crippen molar-refractivity contribution in [3.8, 4) is 0 Å². The molecule has 1 aromatic heterocycles. The highest BCUT2D eigenvalue weighted by atomic mass is 32.2. The number of hydrogen-bond donors (Lipinski definition) is 1. The molecule has 0 bridgehead atoms. The highest BCUT2D eigenvalue weighted by Crippen LogP contribution is 2.34. The first-order chi connectivity index (χ1) is 17.4. The second-order valence-corrected chi connectivity index (χ2v) is 10.2. The molecule has 0 radical (unpaired) electrons. The van der Waals surface area contributed by atoms with Crippen LogP contribution in [0.2, 0.25) is 0 Å². The molecule has 8 heteroatoms. The molecule has 1 aliphatic rings. The van der Waals surface area contributed by atoms with E-state index >= 15 is 0 Å². The van der Waals surface area contributed by atoms with Crippen LogP contribution < -0.4 is 5.32 Å². The Morgan fingerprint density at radius 3 is 2.67 bits per heavy atom. The van der Waals surface area contributed by atoms with E-state index in [1.807, 2.05) is 64.9 Å². The van der Waals surface area contributed by atoms with Gasteiger partial charge in [-0.25, -0.2) is 0 Å². The standard InChI is InChI=1S/C28H33N5O2S/c1-5-16-33-26(24-15-10-17-32(24)27(35)22-13-7-6-11-20(22)4)30-31-28(33)36-18-25(34)29-23-14-9-8-12-21(23)19(2)3/h5-9,11-14,19,24H,1,10,15-18H2,2-4H3,(H,29,34). The Labute approximate surface area is 217 Å². The molecule has 1 N–H and O–H groups in total. The van der Waals surface area contributed by atoms with Gasteiger partial charge in [-0.15, -0.1) is 16.8 Å². The van der Waals surface area contributed by atoms with Crippen LogP contribution in [0.15, 0.2) is 66.3 Å². The number of amides is 2. The molecule has 7 nitrogen and oxygen atoms in total. The average molecular weight is 504 g/mol. The predicted octanol–water partition coefficient (Wildman–Crippen LogP) is 5.60. The lowest BCUT2D eigenvalue weighted by Gasteiger charge is -2.25. The minimum atomic E-state index is -0.161. The molecule has 1 saturated heterocycles. The molecule has 3 aromatic rings. The van der Waals surface area contributed by atoms with Gasteiger partial charge < -0.3 is 14.8 Å². The Hall–Kier alpha value is -3.39. The summed E-state index contributed by atoms with van der Waals surface area (Å²) in [6.45, 7) is 11.2. The van der Waals surface area contributed by atoms with Crippen LogP contribution in [0.4, 0.5) is 5.69 Å². The first-order valence-electron chi connectivity index (χ1n) is 12.3. The first kappa shape index (κ1) is 25.7. The fraction of sp³-hybridized carbons (Fsp3) is 0.357. The lowest BCUT2D eigenvalue weighted by Crippen LogP contribution is -2.32. The monoisotopic (exact) mass is 503 g/mol. The number of benzene rings is 2. The number of rotatable bonds is 9. The summed E-state index contributed by atoms with van der Waals surface area (Å²) in [5.41, 5.74) is 3.62. The van der Waals surface area contributed by atoms with Gasteiger partial charge in [0.05, 0.1) is 11.8 Å². The second-order valence-electron chi connectivity index (χ2n) is 9.29. The molecular formula is C28H33N5O2S. The van der Waals surface area contributed by atoms with E-state index in [2.05, 4.69) is 35.9 Å². The highest BCUT2D eigenvalue weighted by molar-refractivity contribution is 7.99. The van der Waals surface area contributed by atoms with Gasteiger partial charge in [-0.2, -0.15) is 0 Å². The van der Waals surface area contributed by atoms with Crippen molar-refractivity contribution in [3.05, 3.63) is 83.7 Å². The number of carbonyl (C=O) groups is 2. The van der Waals surface area contributed by atoms with Crippen molar-refractivity contribution in [1.29, 1.82) is 0 Å². The van der Waals surface area contributed by atoms with Gasteiger partial charge >= 0.3 is 0 Å². The lowest BCUT2D eigenvalue weighted by molar-refractivity contribution is -0.113. The molecule has 2 amide bonds. The Morgan fingerprint density at radius 2 is 1.92 bits per heavy atom. The number of hydrogen-bond acceptors (Lipinski definition) is 5. The van der Waals surface area contributed by atoms with E-state index < -0.39 is 0 Å². The molecular weight excluding hydrogens is 470 g/mol. The summed E-state index contributed by atoms with van der Waals surface area (Å²) in [5, 5.41) is 12.6. The third-order valence-electron chi connectivity index (χ3n) is 6.43. The minimum absolute atomic E-state index is 0.0150. The number of anilines is 1. The van der Waals surface area contributed by atoms with Crippen molar-refractivity contribution < 1.29 is 9.59 Å². The van der Waals surface area contributed by atoms with Crippen molar-refractivity contribution >= 4 is 29.3 Å². The maximum absolute atomic E-state index is 13.4. The molecule has 4 rings (SSSR count). The maximum Gasteiger partial charge on any atom is 0.254 e. The summed E-state index contributed by atoms with van der Waals surface area (Å²) in [6.07, 6.45) is 3.52. The number of carbonyl (C=O) groups excluding carboxylic acids is 2. The Balaban J connectivity index is 1.50. The topological polar surface area (TPSA) is 80.1 Å². The number of aryl methyl sites for hydroxylation is 1. The maximum atomic E-state index is 13.4. The van der Waals surface area contributed by atoms with Gasteiger partial charge in [0, 0.05) is 24.3 Å². The molecule has 188 valence electrons. The van der Waals surface area contributed by atoms with Gasteiger partial charge in [0.15, 0.2) is 11.0 Å². The van der Waals surface area contributed by atoms with Crippen LogP contribution in [0, 0.1) is 6.92 Å². The Kier molecular flexibility index (Phi) is 8.25. The van der Waals surface area contributed by atoms with E-state index in [9.17, 15) is 9.59 Å². The second kappa shape index (κ2) is 11.6. The highest BCUT2D eigenvalue weighted by Gasteiger charge is 2.35. The van der Waals surface area contributed by atoms with E-state index in [1.165, 1.54) is 11.8 Å². The molecule has 36 heavy (non-hydrogen) atoms. The van der Waals surface area contributed by atoms with E-state index in [4.69, 9.17) is 0 Å². The third kappa shape index (κ3) is 5.54. The van der Waals surface area contributed by atoms with E-state index in [0.29, 0.717) is 29.7 Å². The van der Waals surface area contributed by atoms with E-state index in [0.717, 1.165) is 35.5 Å². The lowest BCUT2D eigenvalue weighted by atomic mass is 10.0. The molecule has 1 fully saturated rings. The van der Waals surface area contributed by atoms with Gasteiger partial charge in [-0.1, -0.05) is 68.1 Å². The molecule has 0 spiro atoms. The molecule has 1 atom stereocenters. The number of likely N-dealkylation sites (tertiary alicyclic amines) is 1. The zero-order valence-corrected chi connectivity index (χ0v) is 21.9. The summed E-state index contributed by atoms with van der Waals surface area (Å²) >= 11 is 1.34. The zero-order chi connectivity index (χ0) is 25.7. The predicted molar refractivity (Wildman–Crippen MR) is 144 cm³/mol. The molecule has 0 aliphatic carbocycles. The number of aromatic nitrogens is 3. The van der Waals surface area contributed by atoms with E-state index in [-0.39, 0.29) is 23.6 Å². The summed E-state index contributed by atoms with van der Waals surface area (Å²) in [7, 11) is 0. The molecule has 2 aromatic carbocycles. The quantitative estimate of drug-likeness (QED) is 0.304. The molecule has 0 saturated carbocycles. The summed E-state index contributed by atoms with van der Waals surface area (Å²) < 4.78 is 1.97. The van der Waals surface area contributed by atoms with E-state index in [1.54, 1.807) is 6.08 Å². The number of nitrogens with zero attached hydrogens (tertiary/aromatic N) is 4. The van der Waals surface area contributed by atoms with Crippen LogP contribution in [0.25, 0.3) is 0 Å². The van der Waals surface area contributed by atoms with Crippen LogP contribution in [0.3, 0.4) is 0 Å². The van der Waals surface area contributed by atoms with Crippen molar-refractivity contribution in [2.45, 2.75) is 57.3 Å². The van der Waals surface area contributed by atoms with Crippen LogP contribution in [-0.2, 0) is 11.3 Å². The fourth-order valence-electron chi connectivity index (χ4n) is 4.63. The number of allylic oxidation sites excluding steroid dienone is 1. The number of para-hydroxylation sites is 1. The fourth-order valence-corrected chi connectivity index (χ4v) is 5.39. The number of nitrogens with one attached hydrogen (secondary N) is 1. The van der Waals surface area contributed by atoms with Crippen molar-refractivity contribution in [1.82, 2.24) is 19.7 Å². The normalized spacial score (nSPS) is 15.3. The third-order valence-corrected chi connectivity index (χ3v) is 7.40. The minimum Gasteiger partial charge on any atom is -0.328 e. The van der Waals surface area contributed by atoms with Gasteiger partial charge in [0.1, 0.15) is 0 Å². The van der Waals surface area contributed by atoms with Crippen LogP contribution >= 0.6 is 11.8 Å². The van der Waals surface area contributed by atoms with Crippen LogP contribution in [-0.4, -0.2) is 43.8 Å². The SMILES string of the molecule is C=CCn1c(SCC(=O)Nc2ccccc2C(C)C)nnc1C1CCCN1C(=O)c1ccccc1C. The first-order valence-corrected chi connectivity index (χ1v) is 13.3. The smallest absolute Gasteiger partial charge is 0.254 e. The van der Waals surface area contributed by atoms with Crippen LogP contribution in [0.1, 0.15) is 66.0 Å². The molecule has 1 aliphatic heterocycles. The van der Waals surface area contributed by atoms with Gasteiger partial charge in [0.2, 0.25) is 5.91 Å². The Morgan fingerprint density at radius 1 is 1.17 bits per heavy atom. The summed E-state index contributed by atoms with van der Waals surface area (Å²) in [6, 6.07) is 15.4. The average Bonchev–Trinajstić information content (AvgIpc) is 3.50. The van der Waals surface area contributed by atoms with Gasteiger partial charge in [-0.05, 0) is 48.9 Å². The summed E-state index contributed by atoms with van der Waals surface area (Å²) in [4.78, 5) is 28.0. The van der Waals surface area contributed by atoms with Gasteiger partial charge in [0.25, 0.3) is 5.91 Å². The zero-order valence-electron chi connectivity index (χ0n) is 21.1. The summed E-state index contributed by atoms with van der Waals surface area (Å²) in [5.74, 6) is 1.17. The molecule has 2 heterocycles. The van der Waals surface area contributed by atoms with Crippen molar-refractivity contribution in [2.24, 2.45) is 0 Å². The number of thioether (sulfide) groups is 1. The largest absolute Gasteiger partial charge is 0.328 e. The molecule has 1 unspecified atom stereocenters. The van der Waals surface area contributed by atoms with Crippen molar-refractivity contribution in [2.75, 3.05) is 17.6 Å². The van der Waals surface area contributed by atoms with Crippen LogP contribution in [0.5, 0.6) is 0 Å². The Bertz CT molecular complexity index is 1250.